The second-order valence-corrected chi connectivity index (χ2v) is 7.85. The SMILES string of the molecule is c1ccc(-c2nc(CN3CCN(c4ncnc5ccccc45)CC3)cs2)cc1. The van der Waals surface area contributed by atoms with E-state index >= 15 is 0 Å². The first-order valence-corrected chi connectivity index (χ1v) is 10.4. The molecule has 4 aromatic rings. The molecule has 28 heavy (non-hydrogen) atoms. The fourth-order valence-electron chi connectivity index (χ4n) is 3.68. The van der Waals surface area contributed by atoms with Crippen molar-refractivity contribution in [2.75, 3.05) is 31.1 Å². The predicted molar refractivity (Wildman–Crippen MR) is 115 cm³/mol. The molecule has 5 nitrogen and oxygen atoms in total. The van der Waals surface area contributed by atoms with Crippen LogP contribution in [0.25, 0.3) is 21.5 Å². The van der Waals surface area contributed by atoms with E-state index in [0.717, 1.165) is 60.1 Å². The van der Waals surface area contributed by atoms with Gasteiger partial charge in [-0.3, -0.25) is 4.90 Å². The van der Waals surface area contributed by atoms with Crippen LogP contribution in [0.2, 0.25) is 0 Å². The third-order valence-electron chi connectivity index (χ3n) is 5.15. The first-order chi connectivity index (χ1) is 13.9. The Kier molecular flexibility index (Phi) is 4.72. The fourth-order valence-corrected chi connectivity index (χ4v) is 4.50. The lowest BCUT2D eigenvalue weighted by molar-refractivity contribution is 0.247. The maximum Gasteiger partial charge on any atom is 0.139 e. The minimum atomic E-state index is 0.904. The van der Waals surface area contributed by atoms with Crippen molar-refractivity contribution < 1.29 is 0 Å². The summed E-state index contributed by atoms with van der Waals surface area (Å²) in [7, 11) is 0. The molecule has 0 saturated carbocycles. The summed E-state index contributed by atoms with van der Waals surface area (Å²) >= 11 is 1.72. The van der Waals surface area contributed by atoms with E-state index in [9.17, 15) is 0 Å². The number of benzene rings is 2. The molecule has 3 heterocycles. The standard InChI is InChI=1S/C22H21N5S/c1-2-6-17(7-3-1)22-25-18(15-28-22)14-26-10-12-27(13-11-26)21-19-8-4-5-9-20(19)23-16-24-21/h1-9,15-16H,10-14H2. The Morgan fingerprint density at radius 1 is 0.857 bits per heavy atom. The summed E-state index contributed by atoms with van der Waals surface area (Å²) in [5.74, 6) is 1.05. The van der Waals surface area contributed by atoms with Crippen LogP contribution in [-0.4, -0.2) is 46.0 Å². The van der Waals surface area contributed by atoms with Crippen LogP contribution >= 0.6 is 11.3 Å². The Hall–Kier alpha value is -2.83. The summed E-state index contributed by atoms with van der Waals surface area (Å²) in [6, 6.07) is 18.6. The van der Waals surface area contributed by atoms with Gasteiger partial charge in [0.2, 0.25) is 0 Å². The van der Waals surface area contributed by atoms with Crippen molar-refractivity contribution in [1.29, 1.82) is 0 Å². The molecule has 0 spiro atoms. The highest BCUT2D eigenvalue weighted by Crippen LogP contribution is 2.26. The molecule has 1 fully saturated rings. The van der Waals surface area contributed by atoms with Crippen LogP contribution in [0.4, 0.5) is 5.82 Å². The Balaban J connectivity index is 1.25. The van der Waals surface area contributed by atoms with Crippen LogP contribution in [0, 0.1) is 0 Å². The third-order valence-corrected chi connectivity index (χ3v) is 6.09. The van der Waals surface area contributed by atoms with Crippen molar-refractivity contribution in [2.24, 2.45) is 0 Å². The lowest BCUT2D eigenvalue weighted by Gasteiger charge is -2.35. The van der Waals surface area contributed by atoms with E-state index in [-0.39, 0.29) is 0 Å². The van der Waals surface area contributed by atoms with E-state index in [1.54, 1.807) is 17.7 Å². The largest absolute Gasteiger partial charge is 0.353 e. The van der Waals surface area contributed by atoms with E-state index < -0.39 is 0 Å². The van der Waals surface area contributed by atoms with Gasteiger partial charge in [0.05, 0.1) is 11.2 Å². The molecule has 2 aromatic heterocycles. The second-order valence-electron chi connectivity index (χ2n) is 6.99. The normalized spacial score (nSPS) is 15.2. The number of hydrogen-bond acceptors (Lipinski definition) is 6. The van der Waals surface area contributed by atoms with Gasteiger partial charge in [0.1, 0.15) is 17.2 Å². The molecule has 0 atom stereocenters. The van der Waals surface area contributed by atoms with Crippen molar-refractivity contribution in [2.45, 2.75) is 6.54 Å². The quantitative estimate of drug-likeness (QED) is 0.528. The summed E-state index contributed by atoms with van der Waals surface area (Å²) in [6.07, 6.45) is 1.67. The summed E-state index contributed by atoms with van der Waals surface area (Å²) < 4.78 is 0. The highest BCUT2D eigenvalue weighted by Gasteiger charge is 2.20. The van der Waals surface area contributed by atoms with Gasteiger partial charge in [0.15, 0.2) is 0 Å². The predicted octanol–water partition coefficient (Wildman–Crippen LogP) is 4.08. The number of nitrogens with zero attached hydrogens (tertiary/aromatic N) is 5. The van der Waals surface area contributed by atoms with Crippen LogP contribution in [0.15, 0.2) is 66.3 Å². The number of thiazole rings is 1. The summed E-state index contributed by atoms with van der Waals surface area (Å²) in [5, 5.41) is 4.42. The average Bonchev–Trinajstić information content (AvgIpc) is 3.23. The molecule has 0 bridgehead atoms. The van der Waals surface area contributed by atoms with Crippen molar-refractivity contribution in [3.05, 3.63) is 72.0 Å². The lowest BCUT2D eigenvalue weighted by Crippen LogP contribution is -2.46. The van der Waals surface area contributed by atoms with E-state index in [1.807, 2.05) is 18.2 Å². The minimum Gasteiger partial charge on any atom is -0.353 e. The highest BCUT2D eigenvalue weighted by atomic mass is 32.1. The van der Waals surface area contributed by atoms with Crippen molar-refractivity contribution in [3.8, 4) is 10.6 Å². The molecule has 1 aliphatic rings. The van der Waals surface area contributed by atoms with Crippen LogP contribution < -0.4 is 4.90 Å². The van der Waals surface area contributed by atoms with Crippen LogP contribution in [0.1, 0.15) is 5.69 Å². The Morgan fingerprint density at radius 2 is 1.64 bits per heavy atom. The van der Waals surface area contributed by atoms with E-state index in [2.05, 4.69) is 61.5 Å². The van der Waals surface area contributed by atoms with Crippen molar-refractivity contribution >= 4 is 28.1 Å². The molecule has 0 unspecified atom stereocenters. The third kappa shape index (κ3) is 3.48. The maximum absolute atomic E-state index is 4.84. The molecule has 5 rings (SSSR count). The molecule has 6 heteroatoms. The van der Waals surface area contributed by atoms with E-state index in [0.29, 0.717) is 0 Å². The van der Waals surface area contributed by atoms with E-state index in [4.69, 9.17) is 4.98 Å². The maximum atomic E-state index is 4.84. The molecule has 0 N–H and O–H groups in total. The van der Waals surface area contributed by atoms with Crippen molar-refractivity contribution in [1.82, 2.24) is 19.9 Å². The van der Waals surface area contributed by atoms with Crippen LogP contribution in [-0.2, 0) is 6.54 Å². The topological polar surface area (TPSA) is 45.2 Å². The number of para-hydroxylation sites is 1. The monoisotopic (exact) mass is 387 g/mol. The molecule has 0 amide bonds. The van der Waals surface area contributed by atoms with Gasteiger partial charge in [-0.25, -0.2) is 15.0 Å². The first kappa shape index (κ1) is 17.3. The molecule has 1 aliphatic heterocycles. The number of hydrogen-bond donors (Lipinski definition) is 0. The number of fused-ring (bicyclic) bond motifs is 1. The van der Waals surface area contributed by atoms with Crippen molar-refractivity contribution in [3.63, 3.8) is 0 Å². The van der Waals surface area contributed by atoms with E-state index in [1.165, 1.54) is 5.56 Å². The van der Waals surface area contributed by atoms with Gasteiger partial charge in [-0.05, 0) is 12.1 Å². The van der Waals surface area contributed by atoms with Crippen LogP contribution in [0.3, 0.4) is 0 Å². The molecule has 1 saturated heterocycles. The van der Waals surface area contributed by atoms with Gasteiger partial charge in [-0.15, -0.1) is 11.3 Å². The molecule has 0 aliphatic carbocycles. The van der Waals surface area contributed by atoms with Gasteiger partial charge < -0.3 is 4.90 Å². The van der Waals surface area contributed by atoms with Gasteiger partial charge in [0.25, 0.3) is 0 Å². The van der Waals surface area contributed by atoms with Gasteiger partial charge >= 0.3 is 0 Å². The zero-order chi connectivity index (χ0) is 18.8. The van der Waals surface area contributed by atoms with Gasteiger partial charge in [0, 0.05) is 49.1 Å². The van der Waals surface area contributed by atoms with Gasteiger partial charge in [-0.2, -0.15) is 0 Å². The molecular formula is C22H21N5S. The minimum absolute atomic E-state index is 0.904. The smallest absolute Gasteiger partial charge is 0.139 e. The second kappa shape index (κ2) is 7.66. The number of aromatic nitrogens is 3. The number of rotatable bonds is 4. The number of piperazine rings is 1. The lowest BCUT2D eigenvalue weighted by atomic mass is 10.2. The molecular weight excluding hydrogens is 366 g/mol. The molecule has 140 valence electrons. The van der Waals surface area contributed by atoms with Gasteiger partial charge in [-0.1, -0.05) is 42.5 Å². The zero-order valence-electron chi connectivity index (χ0n) is 15.5. The Morgan fingerprint density at radius 3 is 2.50 bits per heavy atom. The fraction of sp³-hybridized carbons (Fsp3) is 0.227. The Labute approximate surface area is 168 Å². The molecule has 0 radical (unpaired) electrons. The van der Waals surface area contributed by atoms with Crippen LogP contribution in [0.5, 0.6) is 0 Å². The summed E-state index contributed by atoms with van der Waals surface area (Å²) in [4.78, 5) is 18.6. The zero-order valence-corrected chi connectivity index (χ0v) is 16.3. The first-order valence-electron chi connectivity index (χ1n) is 9.54. The average molecular weight is 388 g/mol. The summed E-state index contributed by atoms with van der Waals surface area (Å²) in [6.45, 7) is 4.86. The summed E-state index contributed by atoms with van der Waals surface area (Å²) in [5.41, 5.74) is 3.36. The Bertz CT molecular complexity index is 1070. The molecule has 2 aromatic carbocycles. The number of anilines is 1. The highest BCUT2D eigenvalue weighted by molar-refractivity contribution is 7.13.